The Kier molecular flexibility index (Phi) is 9.80. The number of unbranched alkanes of at least 4 members (excludes halogenated alkanes) is 1. The fraction of sp³-hybridized carbons (Fsp3) is 0.263. The molecular weight excluding hydrogens is 633 g/mol. The normalized spacial score (nSPS) is 11.7. The summed E-state index contributed by atoms with van der Waals surface area (Å²) in [4.78, 5) is 34.2. The van der Waals surface area contributed by atoms with Gasteiger partial charge in [0.25, 0.3) is 0 Å². The Morgan fingerprint density at radius 2 is 1.69 bits per heavy atom. The first-order valence-electron chi connectivity index (χ1n) is 16.2. The molecule has 6 rings (SSSR count). The third kappa shape index (κ3) is 7.35. The van der Waals surface area contributed by atoms with Crippen molar-refractivity contribution < 1.29 is 32.2 Å². The van der Waals surface area contributed by atoms with Crippen molar-refractivity contribution in [3.63, 3.8) is 0 Å². The lowest BCUT2D eigenvalue weighted by Crippen LogP contribution is -2.28. The number of hydrogen-bond acceptors (Lipinski definition) is 6. The molecule has 2 aromatic heterocycles. The van der Waals surface area contributed by atoms with Crippen molar-refractivity contribution in [1.82, 2.24) is 19.1 Å². The highest BCUT2D eigenvalue weighted by molar-refractivity contribution is 6.03. The van der Waals surface area contributed by atoms with E-state index in [1.807, 2.05) is 60.3 Å². The number of para-hydroxylation sites is 2. The van der Waals surface area contributed by atoms with Gasteiger partial charge in [-0.25, -0.2) is 19.6 Å². The number of imidazole rings is 2. The first-order valence-corrected chi connectivity index (χ1v) is 16.2. The second-order valence-electron chi connectivity index (χ2n) is 11.8. The average Bonchev–Trinajstić information content (AvgIpc) is 3.68. The second-order valence-corrected chi connectivity index (χ2v) is 11.8. The Morgan fingerprint density at radius 3 is 2.47 bits per heavy atom. The summed E-state index contributed by atoms with van der Waals surface area (Å²) in [6.45, 7) is 5.49. The molecule has 4 aromatic carbocycles. The van der Waals surface area contributed by atoms with Crippen LogP contribution in [0, 0.1) is 6.92 Å². The van der Waals surface area contributed by atoms with Gasteiger partial charge in [-0.05, 0) is 66.3 Å². The standard InChI is InChI=1S/C38H35F3N4O4/c1-3-4-15-33-43-34-25(2)16-19-32(48-21-10-20-44-24-42-30-13-8-9-14-31(30)44)35(34)45(33)23-26-17-18-28(27-11-6-5-7-12-27)29(22-26)36(46)49-37(47)38(39,40)41/h5-9,11-14,16-19,22,24H,3-4,10,15,20-21,23H2,1-2H3. The molecule has 0 spiro atoms. The van der Waals surface area contributed by atoms with E-state index in [1.165, 1.54) is 6.07 Å². The average molecular weight is 669 g/mol. The predicted molar refractivity (Wildman–Crippen MR) is 180 cm³/mol. The van der Waals surface area contributed by atoms with Crippen molar-refractivity contribution in [3.05, 3.63) is 114 Å². The Labute approximate surface area is 281 Å². The van der Waals surface area contributed by atoms with Crippen LogP contribution < -0.4 is 4.74 Å². The molecule has 0 aliphatic rings. The molecule has 0 saturated heterocycles. The van der Waals surface area contributed by atoms with Gasteiger partial charge in [-0.1, -0.05) is 74.0 Å². The zero-order valence-corrected chi connectivity index (χ0v) is 27.2. The summed E-state index contributed by atoms with van der Waals surface area (Å²) in [5, 5.41) is 0. The highest BCUT2D eigenvalue weighted by Gasteiger charge is 2.42. The highest BCUT2D eigenvalue weighted by atomic mass is 19.4. The van der Waals surface area contributed by atoms with Gasteiger partial charge in [0, 0.05) is 19.5 Å². The van der Waals surface area contributed by atoms with E-state index in [9.17, 15) is 22.8 Å². The lowest BCUT2D eigenvalue weighted by Gasteiger charge is -2.16. The zero-order valence-electron chi connectivity index (χ0n) is 27.2. The highest BCUT2D eigenvalue weighted by Crippen LogP contribution is 2.33. The third-order valence-electron chi connectivity index (χ3n) is 8.37. The number of alkyl halides is 3. The van der Waals surface area contributed by atoms with Gasteiger partial charge in [-0.15, -0.1) is 0 Å². The molecule has 252 valence electrons. The van der Waals surface area contributed by atoms with E-state index < -0.39 is 18.1 Å². The van der Waals surface area contributed by atoms with Crippen LogP contribution in [0.2, 0.25) is 0 Å². The Balaban J connectivity index is 1.33. The van der Waals surface area contributed by atoms with E-state index in [2.05, 4.69) is 21.2 Å². The van der Waals surface area contributed by atoms with Crippen LogP contribution in [-0.4, -0.2) is 43.8 Å². The number of rotatable bonds is 12. The largest absolute Gasteiger partial charge is 0.491 e. The van der Waals surface area contributed by atoms with Gasteiger partial charge in [0.15, 0.2) is 0 Å². The number of nitrogens with zero attached hydrogens (tertiary/aromatic N) is 4. The van der Waals surface area contributed by atoms with Crippen molar-refractivity contribution in [2.45, 2.75) is 58.8 Å². The molecule has 49 heavy (non-hydrogen) atoms. The maximum Gasteiger partial charge on any atom is 0.491 e. The van der Waals surface area contributed by atoms with Gasteiger partial charge >= 0.3 is 18.1 Å². The first kappa shape index (κ1) is 33.5. The molecule has 0 amide bonds. The number of ether oxygens (including phenoxy) is 2. The SMILES string of the molecule is CCCCc1nc2c(C)ccc(OCCCn3cnc4ccccc43)c2n1Cc1ccc(-c2ccccc2)c(C(=O)OC(=O)C(F)(F)F)c1. The smallest absolute Gasteiger partial charge is 0.491 e. The number of carbonyl (C=O) groups excluding carboxylic acids is 2. The number of aromatic nitrogens is 4. The summed E-state index contributed by atoms with van der Waals surface area (Å²) in [5.74, 6) is -2.47. The lowest BCUT2D eigenvalue weighted by atomic mass is 9.97. The van der Waals surface area contributed by atoms with Gasteiger partial charge < -0.3 is 18.6 Å². The molecule has 0 unspecified atom stereocenters. The van der Waals surface area contributed by atoms with Gasteiger partial charge in [0.1, 0.15) is 17.1 Å². The Hall–Kier alpha value is -5.45. The summed E-state index contributed by atoms with van der Waals surface area (Å²) < 4.78 is 53.9. The summed E-state index contributed by atoms with van der Waals surface area (Å²) in [5.41, 5.74) is 5.95. The number of aryl methyl sites for hydroxylation is 3. The van der Waals surface area contributed by atoms with E-state index in [0.29, 0.717) is 35.5 Å². The summed E-state index contributed by atoms with van der Waals surface area (Å²) >= 11 is 0. The number of esters is 2. The fourth-order valence-electron chi connectivity index (χ4n) is 5.91. The molecule has 0 saturated carbocycles. The minimum Gasteiger partial charge on any atom is -0.491 e. The van der Waals surface area contributed by atoms with E-state index in [-0.39, 0.29) is 12.1 Å². The molecule has 2 heterocycles. The van der Waals surface area contributed by atoms with Crippen LogP contribution in [0.3, 0.4) is 0 Å². The molecule has 0 aliphatic heterocycles. The van der Waals surface area contributed by atoms with E-state index in [1.54, 1.807) is 36.4 Å². The molecule has 6 aromatic rings. The predicted octanol–water partition coefficient (Wildman–Crippen LogP) is 8.47. The van der Waals surface area contributed by atoms with Crippen molar-refractivity contribution >= 4 is 34.0 Å². The summed E-state index contributed by atoms with van der Waals surface area (Å²) in [6, 6.07) is 25.6. The molecule has 0 bridgehead atoms. The van der Waals surface area contributed by atoms with Gasteiger partial charge in [0.2, 0.25) is 0 Å². The number of fused-ring (bicyclic) bond motifs is 2. The quantitative estimate of drug-likeness (QED) is 0.0739. The summed E-state index contributed by atoms with van der Waals surface area (Å²) in [7, 11) is 0. The maximum atomic E-state index is 13.1. The van der Waals surface area contributed by atoms with Crippen molar-refractivity contribution in [2.24, 2.45) is 0 Å². The number of halogens is 3. The molecule has 11 heteroatoms. The number of carbonyl (C=O) groups is 2. The fourth-order valence-corrected chi connectivity index (χ4v) is 5.91. The van der Waals surface area contributed by atoms with Gasteiger partial charge in [0.05, 0.1) is 35.0 Å². The Morgan fingerprint density at radius 1 is 0.918 bits per heavy atom. The third-order valence-corrected chi connectivity index (χ3v) is 8.37. The van der Waals surface area contributed by atoms with Crippen LogP contribution in [-0.2, 0) is 29.0 Å². The first-order chi connectivity index (χ1) is 23.6. The topological polar surface area (TPSA) is 88.2 Å². The van der Waals surface area contributed by atoms with Crippen LogP contribution in [0.25, 0.3) is 33.2 Å². The zero-order chi connectivity index (χ0) is 34.5. The van der Waals surface area contributed by atoms with Gasteiger partial charge in [-0.2, -0.15) is 13.2 Å². The van der Waals surface area contributed by atoms with Crippen LogP contribution in [0.5, 0.6) is 5.75 Å². The van der Waals surface area contributed by atoms with Crippen molar-refractivity contribution in [3.8, 4) is 16.9 Å². The van der Waals surface area contributed by atoms with Crippen LogP contribution >= 0.6 is 0 Å². The minimum absolute atomic E-state index is 0.152. The molecule has 0 N–H and O–H groups in total. The molecule has 8 nitrogen and oxygen atoms in total. The van der Waals surface area contributed by atoms with Crippen molar-refractivity contribution in [1.29, 1.82) is 0 Å². The van der Waals surface area contributed by atoms with E-state index >= 15 is 0 Å². The van der Waals surface area contributed by atoms with Crippen LogP contribution in [0.4, 0.5) is 13.2 Å². The molecule has 0 atom stereocenters. The molecule has 0 aliphatic carbocycles. The molecule has 0 radical (unpaired) electrons. The van der Waals surface area contributed by atoms with E-state index in [0.717, 1.165) is 59.3 Å². The number of hydrogen-bond donors (Lipinski definition) is 0. The molecular formula is C38H35F3N4O4. The molecule has 0 fully saturated rings. The van der Waals surface area contributed by atoms with Gasteiger partial charge in [-0.3, -0.25) is 0 Å². The maximum absolute atomic E-state index is 13.1. The van der Waals surface area contributed by atoms with Crippen LogP contribution in [0.15, 0.2) is 91.3 Å². The summed E-state index contributed by atoms with van der Waals surface area (Å²) in [6.07, 6.45) is -0.226. The monoisotopic (exact) mass is 668 g/mol. The minimum atomic E-state index is -5.31. The van der Waals surface area contributed by atoms with E-state index in [4.69, 9.17) is 9.72 Å². The van der Waals surface area contributed by atoms with Crippen LogP contribution in [0.1, 0.15) is 53.5 Å². The second kappa shape index (κ2) is 14.3. The lowest BCUT2D eigenvalue weighted by molar-refractivity contribution is -0.193. The van der Waals surface area contributed by atoms with Crippen molar-refractivity contribution in [2.75, 3.05) is 6.61 Å². The Bertz CT molecular complexity index is 2120. The number of benzene rings is 4.